The van der Waals surface area contributed by atoms with E-state index < -0.39 is 12.2 Å². The minimum Gasteiger partial charge on any atom is -0.516 e. The van der Waals surface area contributed by atoms with Gasteiger partial charge in [-0.2, -0.15) is 0 Å². The van der Waals surface area contributed by atoms with E-state index in [4.69, 9.17) is 20.4 Å². The standard InChI is InChI=1S/C6H12O4/c7-3-1-5(9)6(10)2-4-8/h1,3,5-10H,2,4H2. The van der Waals surface area contributed by atoms with Gasteiger partial charge in [0.1, 0.15) is 6.10 Å². The smallest absolute Gasteiger partial charge is 0.101 e. The fourth-order valence-electron chi connectivity index (χ4n) is 0.519. The van der Waals surface area contributed by atoms with Gasteiger partial charge in [-0.3, -0.25) is 0 Å². The highest BCUT2D eigenvalue weighted by Gasteiger charge is 2.11. The van der Waals surface area contributed by atoms with Gasteiger partial charge in [-0.05, 0) is 12.5 Å². The van der Waals surface area contributed by atoms with Crippen molar-refractivity contribution in [2.24, 2.45) is 0 Å². The maximum atomic E-state index is 8.88. The average Bonchev–Trinajstić information content (AvgIpc) is 1.89. The maximum absolute atomic E-state index is 8.88. The lowest BCUT2D eigenvalue weighted by Gasteiger charge is -2.11. The molecule has 0 saturated heterocycles. The molecule has 0 aliphatic carbocycles. The second kappa shape index (κ2) is 5.22. The van der Waals surface area contributed by atoms with Gasteiger partial charge >= 0.3 is 0 Å². The average molecular weight is 148 g/mol. The molecule has 0 aromatic heterocycles. The Morgan fingerprint density at radius 1 is 1.30 bits per heavy atom. The summed E-state index contributed by atoms with van der Waals surface area (Å²) in [6, 6.07) is 0. The number of hydrogen-bond acceptors (Lipinski definition) is 4. The molecule has 0 saturated carbocycles. The first-order valence-electron chi connectivity index (χ1n) is 3.00. The van der Waals surface area contributed by atoms with Gasteiger partial charge < -0.3 is 20.4 Å². The van der Waals surface area contributed by atoms with E-state index in [0.29, 0.717) is 6.26 Å². The molecule has 60 valence electrons. The summed E-state index contributed by atoms with van der Waals surface area (Å²) in [5.74, 6) is 0. The normalized spacial score (nSPS) is 17.5. The summed E-state index contributed by atoms with van der Waals surface area (Å²) < 4.78 is 0. The Labute approximate surface area is 59.1 Å². The Bertz CT molecular complexity index is 102. The van der Waals surface area contributed by atoms with Crippen molar-refractivity contribution in [1.82, 2.24) is 0 Å². The topological polar surface area (TPSA) is 80.9 Å². The highest BCUT2D eigenvalue weighted by molar-refractivity contribution is 4.86. The molecule has 2 atom stereocenters. The second-order valence-electron chi connectivity index (χ2n) is 1.91. The molecule has 4 nitrogen and oxygen atoms in total. The van der Waals surface area contributed by atoms with Crippen molar-refractivity contribution >= 4 is 0 Å². The van der Waals surface area contributed by atoms with Crippen molar-refractivity contribution < 1.29 is 20.4 Å². The maximum Gasteiger partial charge on any atom is 0.101 e. The molecule has 0 aromatic rings. The summed E-state index contributed by atoms with van der Waals surface area (Å²) in [7, 11) is 0. The van der Waals surface area contributed by atoms with E-state index in [9.17, 15) is 0 Å². The molecule has 0 spiro atoms. The van der Waals surface area contributed by atoms with Crippen LogP contribution in [-0.2, 0) is 0 Å². The molecule has 4 heteroatoms. The van der Waals surface area contributed by atoms with Gasteiger partial charge in [-0.15, -0.1) is 0 Å². The van der Waals surface area contributed by atoms with Crippen LogP contribution >= 0.6 is 0 Å². The monoisotopic (exact) mass is 148 g/mol. The third kappa shape index (κ3) is 3.45. The molecule has 2 unspecified atom stereocenters. The lowest BCUT2D eigenvalue weighted by Crippen LogP contribution is -2.24. The molecular weight excluding hydrogens is 136 g/mol. The molecular formula is C6H12O4. The van der Waals surface area contributed by atoms with Gasteiger partial charge in [-0.1, -0.05) is 0 Å². The lowest BCUT2D eigenvalue weighted by atomic mass is 10.1. The van der Waals surface area contributed by atoms with Crippen molar-refractivity contribution in [3.63, 3.8) is 0 Å². The Kier molecular flexibility index (Phi) is 4.92. The Morgan fingerprint density at radius 3 is 2.30 bits per heavy atom. The zero-order valence-electron chi connectivity index (χ0n) is 5.51. The van der Waals surface area contributed by atoms with Gasteiger partial charge in [0, 0.05) is 6.61 Å². The van der Waals surface area contributed by atoms with Crippen LogP contribution in [0.1, 0.15) is 6.42 Å². The Balaban J connectivity index is 3.58. The molecule has 0 rings (SSSR count). The minimum atomic E-state index is -1.10. The number of rotatable bonds is 4. The third-order valence-corrected chi connectivity index (χ3v) is 1.10. The lowest BCUT2D eigenvalue weighted by molar-refractivity contribution is 0.0308. The number of aliphatic hydroxyl groups excluding tert-OH is 4. The van der Waals surface area contributed by atoms with Crippen LogP contribution in [0.3, 0.4) is 0 Å². The Hall–Kier alpha value is -0.580. The number of aliphatic hydroxyl groups is 4. The van der Waals surface area contributed by atoms with E-state index in [1.165, 1.54) is 0 Å². The van der Waals surface area contributed by atoms with E-state index in [1.807, 2.05) is 0 Å². The fraction of sp³-hybridized carbons (Fsp3) is 0.667. The fourth-order valence-corrected chi connectivity index (χ4v) is 0.519. The van der Waals surface area contributed by atoms with Crippen LogP contribution in [-0.4, -0.2) is 39.2 Å². The van der Waals surface area contributed by atoms with E-state index in [0.717, 1.165) is 6.08 Å². The number of hydrogen-bond donors (Lipinski definition) is 4. The van der Waals surface area contributed by atoms with E-state index >= 15 is 0 Å². The van der Waals surface area contributed by atoms with Gasteiger partial charge in [0.15, 0.2) is 0 Å². The SMILES string of the molecule is OC=CC(O)C(O)CCO. The molecule has 0 aliphatic heterocycles. The molecule has 0 aromatic carbocycles. The molecule has 0 aliphatic rings. The van der Waals surface area contributed by atoms with Crippen LogP contribution in [0.15, 0.2) is 12.3 Å². The molecule has 0 amide bonds. The largest absolute Gasteiger partial charge is 0.516 e. The van der Waals surface area contributed by atoms with Crippen LogP contribution in [0, 0.1) is 0 Å². The summed E-state index contributed by atoms with van der Waals surface area (Å²) in [5.41, 5.74) is 0. The van der Waals surface area contributed by atoms with Crippen molar-refractivity contribution in [2.45, 2.75) is 18.6 Å². The highest BCUT2D eigenvalue weighted by Crippen LogP contribution is 1.98. The second-order valence-corrected chi connectivity index (χ2v) is 1.91. The molecule has 4 N–H and O–H groups in total. The van der Waals surface area contributed by atoms with Crippen LogP contribution in [0.4, 0.5) is 0 Å². The van der Waals surface area contributed by atoms with E-state index in [-0.39, 0.29) is 13.0 Å². The minimum absolute atomic E-state index is 0.103. The van der Waals surface area contributed by atoms with Crippen molar-refractivity contribution in [3.05, 3.63) is 12.3 Å². The summed E-state index contributed by atoms with van der Waals surface area (Å²) in [6.07, 6.45) is -0.303. The van der Waals surface area contributed by atoms with Crippen LogP contribution in [0.2, 0.25) is 0 Å². The quantitative estimate of drug-likeness (QED) is 0.392. The van der Waals surface area contributed by atoms with Gasteiger partial charge in [-0.25, -0.2) is 0 Å². The summed E-state index contributed by atoms with van der Waals surface area (Å²) in [6.45, 7) is -0.183. The van der Waals surface area contributed by atoms with Gasteiger partial charge in [0.2, 0.25) is 0 Å². The molecule has 0 heterocycles. The highest BCUT2D eigenvalue weighted by atomic mass is 16.3. The molecule has 0 bridgehead atoms. The predicted octanol–water partition coefficient (Wildman–Crippen LogP) is -0.838. The van der Waals surface area contributed by atoms with E-state index in [1.54, 1.807) is 0 Å². The molecule has 0 radical (unpaired) electrons. The van der Waals surface area contributed by atoms with Gasteiger partial charge in [0.05, 0.1) is 12.4 Å². The third-order valence-electron chi connectivity index (χ3n) is 1.10. The molecule has 0 fully saturated rings. The first kappa shape index (κ1) is 9.42. The summed E-state index contributed by atoms with van der Waals surface area (Å²) in [5, 5.41) is 34.2. The summed E-state index contributed by atoms with van der Waals surface area (Å²) in [4.78, 5) is 0. The first-order chi connectivity index (χ1) is 4.72. The van der Waals surface area contributed by atoms with Crippen LogP contribution in [0.5, 0.6) is 0 Å². The van der Waals surface area contributed by atoms with E-state index in [2.05, 4.69) is 0 Å². The Morgan fingerprint density at radius 2 is 1.90 bits per heavy atom. The van der Waals surface area contributed by atoms with Crippen LogP contribution in [0.25, 0.3) is 0 Å². The zero-order chi connectivity index (χ0) is 7.98. The van der Waals surface area contributed by atoms with Gasteiger partial charge in [0.25, 0.3) is 0 Å². The zero-order valence-corrected chi connectivity index (χ0v) is 5.51. The van der Waals surface area contributed by atoms with Crippen molar-refractivity contribution in [3.8, 4) is 0 Å². The first-order valence-corrected chi connectivity index (χ1v) is 3.00. The molecule has 10 heavy (non-hydrogen) atoms. The van der Waals surface area contributed by atoms with Crippen molar-refractivity contribution in [2.75, 3.05) is 6.61 Å². The van der Waals surface area contributed by atoms with Crippen LogP contribution < -0.4 is 0 Å². The van der Waals surface area contributed by atoms with Crippen molar-refractivity contribution in [1.29, 1.82) is 0 Å². The predicted molar refractivity (Wildman–Crippen MR) is 35.5 cm³/mol. The summed E-state index contributed by atoms with van der Waals surface area (Å²) >= 11 is 0.